The lowest BCUT2D eigenvalue weighted by Gasteiger charge is -2.25. The molecule has 0 aliphatic carbocycles. The Labute approximate surface area is 189 Å². The van der Waals surface area contributed by atoms with Gasteiger partial charge in [-0.3, -0.25) is 19.5 Å². The van der Waals surface area contributed by atoms with E-state index in [9.17, 15) is 14.7 Å². The van der Waals surface area contributed by atoms with E-state index in [1.54, 1.807) is 75.0 Å². The molecule has 166 valence electrons. The average molecular weight is 444 g/mol. The number of Topliss-reactive ketones (excluding diaryl/α,β-unsaturated/α-hetero) is 1. The van der Waals surface area contributed by atoms with Crippen LogP contribution in [0.3, 0.4) is 0 Å². The number of aryl methyl sites for hydroxylation is 1. The SMILES string of the molecule is COc1ccc(/C(O)=C2\C(=O)C(=O)N(c3ccc4c(c3)OCO4)C2c2ccncc2)c(C)c1. The highest BCUT2D eigenvalue weighted by molar-refractivity contribution is 6.51. The van der Waals surface area contributed by atoms with Crippen molar-refractivity contribution in [2.75, 3.05) is 18.8 Å². The molecule has 1 atom stereocenters. The third-order valence-electron chi connectivity index (χ3n) is 5.79. The Balaban J connectivity index is 1.70. The number of ether oxygens (including phenoxy) is 3. The monoisotopic (exact) mass is 444 g/mol. The first-order valence-electron chi connectivity index (χ1n) is 10.2. The molecule has 1 N–H and O–H groups in total. The van der Waals surface area contributed by atoms with Crippen molar-refractivity contribution >= 4 is 23.1 Å². The van der Waals surface area contributed by atoms with Crippen molar-refractivity contribution in [1.29, 1.82) is 0 Å². The number of carbonyl (C=O) groups excluding carboxylic acids is 2. The maximum atomic E-state index is 13.3. The molecule has 0 radical (unpaired) electrons. The largest absolute Gasteiger partial charge is 0.507 e. The van der Waals surface area contributed by atoms with Crippen LogP contribution < -0.4 is 19.1 Å². The maximum absolute atomic E-state index is 13.3. The van der Waals surface area contributed by atoms with Gasteiger partial charge in [-0.2, -0.15) is 0 Å². The molecule has 33 heavy (non-hydrogen) atoms. The van der Waals surface area contributed by atoms with Crippen molar-refractivity contribution in [2.45, 2.75) is 13.0 Å². The van der Waals surface area contributed by atoms with Crippen LogP contribution >= 0.6 is 0 Å². The first-order valence-corrected chi connectivity index (χ1v) is 10.2. The summed E-state index contributed by atoms with van der Waals surface area (Å²) in [5.41, 5.74) is 2.23. The lowest BCUT2D eigenvalue weighted by Crippen LogP contribution is -2.29. The van der Waals surface area contributed by atoms with Gasteiger partial charge < -0.3 is 19.3 Å². The molecule has 2 aromatic carbocycles. The normalized spacial score (nSPS) is 18.6. The van der Waals surface area contributed by atoms with Crippen molar-refractivity contribution < 1.29 is 28.9 Å². The highest BCUT2D eigenvalue weighted by atomic mass is 16.7. The third-order valence-corrected chi connectivity index (χ3v) is 5.79. The molecule has 1 fully saturated rings. The van der Waals surface area contributed by atoms with E-state index in [1.165, 1.54) is 4.90 Å². The van der Waals surface area contributed by atoms with Crippen molar-refractivity contribution in [3.63, 3.8) is 0 Å². The van der Waals surface area contributed by atoms with Crippen molar-refractivity contribution in [3.05, 3.63) is 83.2 Å². The van der Waals surface area contributed by atoms with Gasteiger partial charge in [0, 0.05) is 29.7 Å². The summed E-state index contributed by atoms with van der Waals surface area (Å²) >= 11 is 0. The number of amides is 1. The fourth-order valence-corrected chi connectivity index (χ4v) is 4.17. The van der Waals surface area contributed by atoms with Crippen LogP contribution in [0.1, 0.15) is 22.7 Å². The summed E-state index contributed by atoms with van der Waals surface area (Å²) in [5.74, 6) is -0.113. The first-order chi connectivity index (χ1) is 16.0. The Kier molecular flexibility index (Phi) is 4.97. The Morgan fingerprint density at radius 3 is 2.55 bits per heavy atom. The molecule has 0 bridgehead atoms. The maximum Gasteiger partial charge on any atom is 0.300 e. The summed E-state index contributed by atoms with van der Waals surface area (Å²) in [6, 6.07) is 12.7. The van der Waals surface area contributed by atoms with Gasteiger partial charge in [0.25, 0.3) is 11.7 Å². The molecular formula is C25H20N2O6. The number of rotatable bonds is 4. The lowest BCUT2D eigenvalue weighted by atomic mass is 9.94. The van der Waals surface area contributed by atoms with Crippen LogP contribution in [0.5, 0.6) is 17.2 Å². The van der Waals surface area contributed by atoms with Gasteiger partial charge >= 0.3 is 0 Å². The van der Waals surface area contributed by atoms with E-state index in [4.69, 9.17) is 14.2 Å². The number of carbonyl (C=O) groups is 2. The minimum Gasteiger partial charge on any atom is -0.507 e. The van der Waals surface area contributed by atoms with Crippen LogP contribution in [0.15, 0.2) is 66.5 Å². The van der Waals surface area contributed by atoms with E-state index >= 15 is 0 Å². The predicted molar refractivity (Wildman–Crippen MR) is 119 cm³/mol. The summed E-state index contributed by atoms with van der Waals surface area (Å²) < 4.78 is 16.1. The van der Waals surface area contributed by atoms with Crippen LogP contribution in [-0.4, -0.2) is 35.7 Å². The smallest absolute Gasteiger partial charge is 0.300 e. The van der Waals surface area contributed by atoms with Crippen LogP contribution in [0.4, 0.5) is 5.69 Å². The van der Waals surface area contributed by atoms with Crippen molar-refractivity contribution in [1.82, 2.24) is 4.98 Å². The second-order valence-corrected chi connectivity index (χ2v) is 7.67. The quantitative estimate of drug-likeness (QED) is 0.372. The number of aromatic nitrogens is 1. The number of fused-ring (bicyclic) bond motifs is 1. The molecule has 8 nitrogen and oxygen atoms in total. The van der Waals surface area contributed by atoms with Gasteiger partial charge in [0.2, 0.25) is 6.79 Å². The van der Waals surface area contributed by atoms with E-state index in [2.05, 4.69) is 4.98 Å². The Morgan fingerprint density at radius 2 is 1.82 bits per heavy atom. The predicted octanol–water partition coefficient (Wildman–Crippen LogP) is 3.75. The molecule has 2 aliphatic rings. The number of hydrogen-bond acceptors (Lipinski definition) is 7. The van der Waals surface area contributed by atoms with Gasteiger partial charge in [-0.1, -0.05) is 0 Å². The summed E-state index contributed by atoms with van der Waals surface area (Å²) in [5, 5.41) is 11.3. The molecule has 1 aromatic heterocycles. The van der Waals surface area contributed by atoms with E-state index < -0.39 is 17.7 Å². The van der Waals surface area contributed by atoms with Crippen molar-refractivity contribution in [2.24, 2.45) is 0 Å². The van der Waals surface area contributed by atoms with E-state index in [1.807, 2.05) is 0 Å². The summed E-state index contributed by atoms with van der Waals surface area (Å²) in [6.45, 7) is 1.88. The van der Waals surface area contributed by atoms with Gasteiger partial charge in [0.05, 0.1) is 18.7 Å². The molecule has 5 rings (SSSR count). The zero-order chi connectivity index (χ0) is 23.1. The summed E-state index contributed by atoms with van der Waals surface area (Å²) in [7, 11) is 1.55. The standard InChI is InChI=1S/C25H20N2O6/c1-14-11-17(31-2)4-5-18(14)23(28)21-22(15-7-9-26-10-8-15)27(25(30)24(21)29)16-3-6-19-20(12-16)33-13-32-19/h3-12,22,28H,13H2,1-2H3/b23-21+. The van der Waals surface area contributed by atoms with Crippen LogP contribution in [0, 0.1) is 6.92 Å². The van der Waals surface area contributed by atoms with E-state index in [-0.39, 0.29) is 18.1 Å². The van der Waals surface area contributed by atoms with Crippen LogP contribution in [-0.2, 0) is 9.59 Å². The number of pyridine rings is 1. The number of anilines is 1. The topological polar surface area (TPSA) is 98.2 Å². The molecule has 8 heteroatoms. The molecule has 1 saturated heterocycles. The van der Waals surface area contributed by atoms with E-state index in [0.29, 0.717) is 39.6 Å². The molecule has 0 spiro atoms. The molecule has 0 saturated carbocycles. The molecule has 1 amide bonds. The summed E-state index contributed by atoms with van der Waals surface area (Å²) in [6.07, 6.45) is 3.15. The number of aliphatic hydroxyl groups is 1. The number of aliphatic hydroxyl groups excluding tert-OH is 1. The number of benzene rings is 2. The molecule has 3 heterocycles. The average Bonchev–Trinajstić information content (AvgIpc) is 3.41. The molecule has 3 aromatic rings. The zero-order valence-corrected chi connectivity index (χ0v) is 17.9. The van der Waals surface area contributed by atoms with Crippen LogP contribution in [0.2, 0.25) is 0 Å². The van der Waals surface area contributed by atoms with Gasteiger partial charge in [0.15, 0.2) is 11.5 Å². The Morgan fingerprint density at radius 1 is 1.06 bits per heavy atom. The van der Waals surface area contributed by atoms with Gasteiger partial charge in [-0.05, 0) is 60.5 Å². The van der Waals surface area contributed by atoms with Gasteiger partial charge in [-0.25, -0.2) is 0 Å². The first kappa shape index (κ1) is 20.6. The molecular weight excluding hydrogens is 424 g/mol. The number of nitrogens with zero attached hydrogens (tertiary/aromatic N) is 2. The minimum absolute atomic E-state index is 0.00265. The number of methoxy groups -OCH3 is 1. The second-order valence-electron chi connectivity index (χ2n) is 7.67. The van der Waals surface area contributed by atoms with E-state index in [0.717, 1.165) is 0 Å². The highest BCUT2D eigenvalue weighted by Gasteiger charge is 2.47. The fourth-order valence-electron chi connectivity index (χ4n) is 4.17. The van der Waals surface area contributed by atoms with Crippen LogP contribution in [0.25, 0.3) is 5.76 Å². The lowest BCUT2D eigenvalue weighted by molar-refractivity contribution is -0.132. The minimum atomic E-state index is -0.852. The zero-order valence-electron chi connectivity index (χ0n) is 17.9. The van der Waals surface area contributed by atoms with Gasteiger partial charge in [-0.15, -0.1) is 0 Å². The van der Waals surface area contributed by atoms with Gasteiger partial charge in [0.1, 0.15) is 11.5 Å². The number of hydrogen-bond donors (Lipinski definition) is 1. The Bertz CT molecular complexity index is 1300. The Hall–Kier alpha value is -4.33. The highest BCUT2D eigenvalue weighted by Crippen LogP contribution is 2.45. The summed E-state index contributed by atoms with van der Waals surface area (Å²) in [4.78, 5) is 31.9. The third kappa shape index (κ3) is 3.36. The molecule has 2 aliphatic heterocycles. The second kappa shape index (κ2) is 7.98. The molecule has 1 unspecified atom stereocenters. The number of ketones is 1. The van der Waals surface area contributed by atoms with Crippen molar-refractivity contribution in [3.8, 4) is 17.2 Å². The fraction of sp³-hybridized carbons (Fsp3) is 0.160.